The van der Waals surface area contributed by atoms with Crippen molar-refractivity contribution in [2.75, 3.05) is 0 Å². The molecule has 30 heavy (non-hydrogen) atoms. The first-order chi connectivity index (χ1) is 14.4. The third-order valence-corrected chi connectivity index (χ3v) is 5.31. The number of aromatic nitrogens is 1. The van der Waals surface area contributed by atoms with Gasteiger partial charge in [-0.15, -0.1) is 0 Å². The number of pyridine rings is 1. The van der Waals surface area contributed by atoms with Crippen molar-refractivity contribution in [3.8, 4) is 17.6 Å². The molecule has 3 aromatic rings. The van der Waals surface area contributed by atoms with Gasteiger partial charge in [0.25, 0.3) is 5.56 Å². The van der Waals surface area contributed by atoms with E-state index in [0.29, 0.717) is 29.2 Å². The van der Waals surface area contributed by atoms with Crippen LogP contribution in [0.4, 0.5) is 0 Å². The maximum absolute atomic E-state index is 12.9. The molecular formula is C24H22N2O4. The lowest BCUT2D eigenvalue weighted by Crippen LogP contribution is -2.52. The zero-order valence-corrected chi connectivity index (χ0v) is 16.8. The Balaban J connectivity index is 1.69. The highest BCUT2D eigenvalue weighted by molar-refractivity contribution is 5.47. The van der Waals surface area contributed by atoms with Gasteiger partial charge in [-0.05, 0) is 43.7 Å². The molecular weight excluding hydrogens is 380 g/mol. The van der Waals surface area contributed by atoms with Gasteiger partial charge in [0, 0.05) is 17.8 Å². The van der Waals surface area contributed by atoms with Crippen LogP contribution in [0, 0.1) is 11.3 Å². The van der Waals surface area contributed by atoms with E-state index >= 15 is 0 Å². The molecule has 4 rings (SSSR count). The summed E-state index contributed by atoms with van der Waals surface area (Å²) in [6.07, 6.45) is 0.619. The zero-order valence-electron chi connectivity index (χ0n) is 16.8. The van der Waals surface area contributed by atoms with Gasteiger partial charge in [0.05, 0.1) is 17.7 Å². The lowest BCUT2D eigenvalue weighted by atomic mass is 9.85. The van der Waals surface area contributed by atoms with E-state index in [2.05, 4.69) is 6.07 Å². The molecule has 2 atom stereocenters. The van der Waals surface area contributed by atoms with Crippen molar-refractivity contribution < 1.29 is 14.6 Å². The van der Waals surface area contributed by atoms with E-state index in [4.69, 9.17) is 9.47 Å². The Morgan fingerprint density at radius 1 is 1.17 bits per heavy atom. The Morgan fingerprint density at radius 3 is 2.63 bits per heavy atom. The molecule has 1 aliphatic heterocycles. The lowest BCUT2D eigenvalue weighted by molar-refractivity contribution is -0.0643. The number of aliphatic hydroxyl groups is 1. The first-order valence-electron chi connectivity index (χ1n) is 9.69. The van der Waals surface area contributed by atoms with Crippen molar-refractivity contribution in [2.45, 2.75) is 38.2 Å². The Bertz CT molecular complexity index is 1160. The van der Waals surface area contributed by atoms with Gasteiger partial charge in [-0.2, -0.15) is 5.26 Å². The molecule has 0 bridgehead atoms. The summed E-state index contributed by atoms with van der Waals surface area (Å²) in [6, 6.07) is 19.2. The first kappa shape index (κ1) is 19.7. The summed E-state index contributed by atoms with van der Waals surface area (Å²) in [5.74, 6) is 0.998. The molecule has 0 unspecified atom stereocenters. The van der Waals surface area contributed by atoms with Crippen LogP contribution in [0.3, 0.4) is 0 Å². The van der Waals surface area contributed by atoms with Crippen LogP contribution in [-0.4, -0.2) is 21.4 Å². The third kappa shape index (κ3) is 3.68. The number of benzene rings is 2. The van der Waals surface area contributed by atoms with Crippen LogP contribution in [0.2, 0.25) is 0 Å². The fourth-order valence-electron chi connectivity index (χ4n) is 3.67. The maximum atomic E-state index is 12.9. The minimum absolute atomic E-state index is 0.310. The Kier molecular flexibility index (Phi) is 5.06. The van der Waals surface area contributed by atoms with Crippen LogP contribution in [0.1, 0.15) is 36.6 Å². The third-order valence-electron chi connectivity index (χ3n) is 5.31. The predicted octanol–water partition coefficient (Wildman–Crippen LogP) is 3.42. The molecule has 0 amide bonds. The minimum atomic E-state index is -0.993. The van der Waals surface area contributed by atoms with Gasteiger partial charge in [-0.1, -0.05) is 30.3 Å². The highest BCUT2D eigenvalue weighted by Crippen LogP contribution is 2.41. The van der Waals surface area contributed by atoms with Crippen LogP contribution >= 0.6 is 0 Å². The largest absolute Gasteiger partial charge is 0.489 e. The standard InChI is InChI=1S/C24H22N2O4/c1-24(2)23(28)22(19-12-17(14-25)8-9-20(19)30-24)26-11-10-18(13-21(26)27)29-15-16-6-4-3-5-7-16/h3-13,22-23,28H,15H2,1-2H3/t22-,23+/m1/s1. The minimum Gasteiger partial charge on any atom is -0.489 e. The van der Waals surface area contributed by atoms with E-state index < -0.39 is 17.7 Å². The molecule has 0 aliphatic carbocycles. The highest BCUT2D eigenvalue weighted by Gasteiger charge is 2.44. The average Bonchev–Trinajstić information content (AvgIpc) is 2.74. The van der Waals surface area contributed by atoms with Crippen LogP contribution < -0.4 is 15.0 Å². The van der Waals surface area contributed by atoms with Gasteiger partial charge >= 0.3 is 0 Å². The lowest BCUT2D eigenvalue weighted by Gasteiger charge is -2.42. The number of hydrogen-bond donors (Lipinski definition) is 1. The second kappa shape index (κ2) is 7.69. The van der Waals surface area contributed by atoms with Gasteiger partial charge in [-0.25, -0.2) is 0 Å². The second-order valence-corrected chi connectivity index (χ2v) is 7.84. The molecule has 6 heteroatoms. The Hall–Kier alpha value is -3.56. The summed E-state index contributed by atoms with van der Waals surface area (Å²) in [5, 5.41) is 20.3. The van der Waals surface area contributed by atoms with Crippen LogP contribution in [0.5, 0.6) is 11.5 Å². The summed E-state index contributed by atoms with van der Waals surface area (Å²) in [5.41, 5.74) is 0.816. The molecule has 1 aromatic heterocycles. The Morgan fingerprint density at radius 2 is 1.93 bits per heavy atom. The van der Waals surface area contributed by atoms with E-state index in [9.17, 15) is 15.2 Å². The summed E-state index contributed by atoms with van der Waals surface area (Å²) < 4.78 is 13.1. The molecule has 0 spiro atoms. The number of fused-ring (bicyclic) bond motifs is 1. The fourth-order valence-corrected chi connectivity index (χ4v) is 3.67. The summed E-state index contributed by atoms with van der Waals surface area (Å²) in [7, 11) is 0. The van der Waals surface area contributed by atoms with E-state index in [0.717, 1.165) is 5.56 Å². The molecule has 0 saturated heterocycles. The number of aliphatic hydroxyl groups excluding tert-OH is 1. The molecule has 2 aromatic carbocycles. The van der Waals surface area contributed by atoms with Crippen LogP contribution in [0.25, 0.3) is 0 Å². The molecule has 2 heterocycles. The highest BCUT2D eigenvalue weighted by atomic mass is 16.5. The van der Waals surface area contributed by atoms with Gasteiger partial charge in [0.15, 0.2) is 0 Å². The number of ether oxygens (including phenoxy) is 2. The van der Waals surface area contributed by atoms with E-state index in [1.54, 1.807) is 44.3 Å². The number of hydrogen-bond acceptors (Lipinski definition) is 5. The number of nitrogens with zero attached hydrogens (tertiary/aromatic N) is 2. The monoisotopic (exact) mass is 402 g/mol. The molecule has 1 N–H and O–H groups in total. The van der Waals surface area contributed by atoms with E-state index in [1.165, 1.54) is 10.6 Å². The van der Waals surface area contributed by atoms with Crippen molar-refractivity contribution in [2.24, 2.45) is 0 Å². The molecule has 152 valence electrons. The molecule has 1 aliphatic rings. The Labute approximate surface area is 174 Å². The van der Waals surface area contributed by atoms with Crippen molar-refractivity contribution in [3.05, 3.63) is 93.9 Å². The van der Waals surface area contributed by atoms with Crippen LogP contribution in [0.15, 0.2) is 71.7 Å². The SMILES string of the molecule is CC1(C)Oc2ccc(C#N)cc2[C@@H](n2ccc(OCc3ccccc3)cc2=O)[C@@H]1O. The molecule has 0 radical (unpaired) electrons. The molecule has 0 saturated carbocycles. The molecule has 0 fully saturated rings. The predicted molar refractivity (Wildman–Crippen MR) is 111 cm³/mol. The topological polar surface area (TPSA) is 84.5 Å². The quantitative estimate of drug-likeness (QED) is 0.723. The molecule has 6 nitrogen and oxygen atoms in total. The fraction of sp³-hybridized carbons (Fsp3) is 0.250. The number of rotatable bonds is 4. The summed E-state index contributed by atoms with van der Waals surface area (Å²) >= 11 is 0. The van der Waals surface area contributed by atoms with Crippen LogP contribution in [-0.2, 0) is 6.61 Å². The second-order valence-electron chi connectivity index (χ2n) is 7.84. The van der Waals surface area contributed by atoms with Crippen molar-refractivity contribution in [1.82, 2.24) is 4.57 Å². The maximum Gasteiger partial charge on any atom is 0.254 e. The van der Waals surface area contributed by atoms with E-state index in [1.807, 2.05) is 30.3 Å². The smallest absolute Gasteiger partial charge is 0.254 e. The van der Waals surface area contributed by atoms with Gasteiger partial charge in [0.2, 0.25) is 0 Å². The average molecular weight is 402 g/mol. The van der Waals surface area contributed by atoms with Crippen molar-refractivity contribution >= 4 is 0 Å². The van der Waals surface area contributed by atoms with Crippen molar-refractivity contribution in [3.63, 3.8) is 0 Å². The van der Waals surface area contributed by atoms with Gasteiger partial charge < -0.3 is 19.1 Å². The van der Waals surface area contributed by atoms with Gasteiger partial charge in [0.1, 0.15) is 29.8 Å². The first-order valence-corrected chi connectivity index (χ1v) is 9.69. The van der Waals surface area contributed by atoms with Crippen molar-refractivity contribution in [1.29, 1.82) is 5.26 Å². The normalized spacial score (nSPS) is 19.3. The number of nitriles is 1. The van der Waals surface area contributed by atoms with Gasteiger partial charge in [-0.3, -0.25) is 4.79 Å². The summed E-state index contributed by atoms with van der Waals surface area (Å²) in [6.45, 7) is 3.90. The zero-order chi connectivity index (χ0) is 21.3. The summed E-state index contributed by atoms with van der Waals surface area (Å²) in [4.78, 5) is 12.9. The van der Waals surface area contributed by atoms with E-state index in [-0.39, 0.29) is 5.56 Å².